The fourth-order valence-electron chi connectivity index (χ4n) is 3.16. The zero-order chi connectivity index (χ0) is 17.2. The topological polar surface area (TPSA) is 62.5 Å². The molecule has 0 bridgehead atoms. The van der Waals surface area contributed by atoms with Gasteiger partial charge in [-0.25, -0.2) is 4.63 Å². The molecule has 0 unspecified atom stereocenters. The number of carbonyl (C=O) groups excluding carboxylic acids is 1. The van der Waals surface area contributed by atoms with Crippen LogP contribution in [-0.2, 0) is 17.9 Å². The van der Waals surface area contributed by atoms with Crippen molar-refractivity contribution in [2.24, 2.45) is 0 Å². The lowest BCUT2D eigenvalue weighted by Gasteiger charge is -2.34. The fourth-order valence-corrected chi connectivity index (χ4v) is 3.16. The lowest BCUT2D eigenvalue weighted by atomic mass is 10.1. The van der Waals surface area contributed by atoms with Gasteiger partial charge in [0, 0.05) is 26.2 Å². The third kappa shape index (κ3) is 3.53. The molecule has 1 aliphatic rings. The Morgan fingerprint density at radius 3 is 2.52 bits per heavy atom. The number of aryl methyl sites for hydroxylation is 1. The van der Waals surface area contributed by atoms with Crippen molar-refractivity contribution >= 4 is 16.9 Å². The van der Waals surface area contributed by atoms with Gasteiger partial charge in [0.05, 0.1) is 6.54 Å². The fraction of sp³-hybridized carbons (Fsp3) is 0.316. The first-order valence-corrected chi connectivity index (χ1v) is 8.44. The summed E-state index contributed by atoms with van der Waals surface area (Å²) in [5.41, 5.74) is 5.03. The molecule has 0 spiro atoms. The van der Waals surface area contributed by atoms with E-state index in [1.165, 1.54) is 11.1 Å². The first-order valence-electron chi connectivity index (χ1n) is 8.44. The predicted octanol–water partition coefficient (Wildman–Crippen LogP) is 2.38. The number of aromatic nitrogens is 2. The van der Waals surface area contributed by atoms with Crippen molar-refractivity contribution in [1.82, 2.24) is 20.1 Å². The average Bonchev–Trinajstić information content (AvgIpc) is 3.07. The summed E-state index contributed by atoms with van der Waals surface area (Å²) in [4.78, 5) is 16.6. The van der Waals surface area contributed by atoms with Crippen molar-refractivity contribution in [2.45, 2.75) is 20.0 Å². The summed E-state index contributed by atoms with van der Waals surface area (Å²) >= 11 is 0. The van der Waals surface area contributed by atoms with Crippen molar-refractivity contribution in [3.63, 3.8) is 0 Å². The summed E-state index contributed by atoms with van der Waals surface area (Å²) in [6.45, 7) is 5.55. The Bertz CT molecular complexity index is 888. The highest BCUT2D eigenvalue weighted by Crippen LogP contribution is 2.16. The number of fused-ring (bicyclic) bond motifs is 1. The number of piperazine rings is 1. The maximum absolute atomic E-state index is 12.5. The molecule has 1 fully saturated rings. The molecule has 3 aromatic rings. The zero-order valence-corrected chi connectivity index (χ0v) is 14.2. The molecule has 1 saturated heterocycles. The third-order valence-electron chi connectivity index (χ3n) is 4.62. The van der Waals surface area contributed by atoms with Gasteiger partial charge in [0.15, 0.2) is 0 Å². The van der Waals surface area contributed by atoms with Crippen LogP contribution >= 0.6 is 0 Å². The average molecular weight is 336 g/mol. The number of benzene rings is 2. The van der Waals surface area contributed by atoms with E-state index in [4.69, 9.17) is 4.63 Å². The standard InChI is InChI=1S/C19H20N4O2/c1-14-2-4-15(5-3-14)12-23-9-8-22(13-19(23)24)11-16-6-7-17-18(10-16)21-25-20-17/h2-7,10H,8-9,11-13H2,1H3. The van der Waals surface area contributed by atoms with Crippen molar-refractivity contribution in [3.05, 3.63) is 59.2 Å². The maximum Gasteiger partial charge on any atom is 0.237 e. The highest BCUT2D eigenvalue weighted by atomic mass is 16.6. The molecule has 1 aromatic heterocycles. The second-order valence-corrected chi connectivity index (χ2v) is 6.60. The summed E-state index contributed by atoms with van der Waals surface area (Å²) in [7, 11) is 0. The Morgan fingerprint density at radius 1 is 0.960 bits per heavy atom. The van der Waals surface area contributed by atoms with Gasteiger partial charge >= 0.3 is 0 Å². The Labute approximate surface area is 146 Å². The highest BCUT2D eigenvalue weighted by molar-refractivity contribution is 5.79. The Hall–Kier alpha value is -2.73. The molecule has 0 atom stereocenters. The summed E-state index contributed by atoms with van der Waals surface area (Å²) in [5.74, 6) is 0.177. The third-order valence-corrected chi connectivity index (χ3v) is 4.62. The van der Waals surface area contributed by atoms with Crippen LogP contribution in [0.2, 0.25) is 0 Å². The van der Waals surface area contributed by atoms with Crippen LogP contribution in [0.1, 0.15) is 16.7 Å². The van der Waals surface area contributed by atoms with Crippen molar-refractivity contribution in [3.8, 4) is 0 Å². The number of hydrogen-bond acceptors (Lipinski definition) is 5. The second kappa shape index (κ2) is 6.64. The van der Waals surface area contributed by atoms with E-state index >= 15 is 0 Å². The van der Waals surface area contributed by atoms with Gasteiger partial charge in [0.2, 0.25) is 5.91 Å². The van der Waals surface area contributed by atoms with Gasteiger partial charge in [-0.1, -0.05) is 35.9 Å². The van der Waals surface area contributed by atoms with Crippen molar-refractivity contribution in [2.75, 3.05) is 19.6 Å². The molecule has 6 heteroatoms. The molecule has 2 heterocycles. The van der Waals surface area contributed by atoms with Gasteiger partial charge in [0.1, 0.15) is 11.0 Å². The first kappa shape index (κ1) is 15.8. The van der Waals surface area contributed by atoms with Crippen molar-refractivity contribution in [1.29, 1.82) is 0 Å². The van der Waals surface area contributed by atoms with Crippen LogP contribution in [0.25, 0.3) is 11.0 Å². The predicted molar refractivity (Wildman–Crippen MR) is 93.7 cm³/mol. The van der Waals surface area contributed by atoms with E-state index < -0.39 is 0 Å². The maximum atomic E-state index is 12.5. The molecule has 0 aliphatic carbocycles. The van der Waals surface area contributed by atoms with Gasteiger partial charge in [-0.2, -0.15) is 0 Å². The minimum absolute atomic E-state index is 0.177. The van der Waals surface area contributed by atoms with Crippen LogP contribution in [0.3, 0.4) is 0 Å². The summed E-state index contributed by atoms with van der Waals surface area (Å²) in [6, 6.07) is 14.2. The van der Waals surface area contributed by atoms with Gasteiger partial charge in [-0.05, 0) is 40.5 Å². The number of rotatable bonds is 4. The monoisotopic (exact) mass is 336 g/mol. The number of carbonyl (C=O) groups is 1. The molecule has 2 aromatic carbocycles. The van der Waals surface area contributed by atoms with Crippen LogP contribution in [0, 0.1) is 6.92 Å². The number of nitrogens with zero attached hydrogens (tertiary/aromatic N) is 4. The molecule has 1 aliphatic heterocycles. The molecule has 0 saturated carbocycles. The van der Waals surface area contributed by atoms with Crippen LogP contribution in [0.4, 0.5) is 0 Å². The van der Waals surface area contributed by atoms with Crippen LogP contribution in [0.5, 0.6) is 0 Å². The van der Waals surface area contributed by atoms with E-state index in [0.717, 1.165) is 36.2 Å². The summed E-state index contributed by atoms with van der Waals surface area (Å²) in [6.07, 6.45) is 0. The smallest absolute Gasteiger partial charge is 0.237 e. The second-order valence-electron chi connectivity index (χ2n) is 6.60. The minimum Gasteiger partial charge on any atom is -0.336 e. The van der Waals surface area contributed by atoms with Gasteiger partial charge in [-0.15, -0.1) is 0 Å². The molecule has 0 radical (unpaired) electrons. The van der Waals surface area contributed by atoms with Crippen LogP contribution < -0.4 is 0 Å². The molecule has 0 N–H and O–H groups in total. The largest absolute Gasteiger partial charge is 0.336 e. The molecule has 25 heavy (non-hydrogen) atoms. The molecule has 128 valence electrons. The van der Waals surface area contributed by atoms with E-state index in [9.17, 15) is 4.79 Å². The van der Waals surface area contributed by atoms with E-state index in [0.29, 0.717) is 13.1 Å². The van der Waals surface area contributed by atoms with Crippen LogP contribution in [0.15, 0.2) is 47.1 Å². The zero-order valence-electron chi connectivity index (χ0n) is 14.2. The number of amides is 1. The summed E-state index contributed by atoms with van der Waals surface area (Å²) in [5, 5.41) is 7.69. The SMILES string of the molecule is Cc1ccc(CN2CCN(Cc3ccc4nonc4c3)CC2=O)cc1. The van der Waals surface area contributed by atoms with Gasteiger partial charge in [-0.3, -0.25) is 9.69 Å². The van der Waals surface area contributed by atoms with E-state index in [1.54, 1.807) is 0 Å². The van der Waals surface area contributed by atoms with E-state index in [-0.39, 0.29) is 5.91 Å². The summed E-state index contributed by atoms with van der Waals surface area (Å²) < 4.78 is 4.73. The van der Waals surface area contributed by atoms with Gasteiger partial charge in [0.25, 0.3) is 0 Å². The van der Waals surface area contributed by atoms with Crippen LogP contribution in [-0.4, -0.2) is 45.7 Å². The highest BCUT2D eigenvalue weighted by Gasteiger charge is 2.24. The lowest BCUT2D eigenvalue weighted by Crippen LogP contribution is -2.49. The van der Waals surface area contributed by atoms with E-state index in [1.807, 2.05) is 23.1 Å². The molecule has 6 nitrogen and oxygen atoms in total. The first-order chi connectivity index (χ1) is 12.2. The minimum atomic E-state index is 0.177. The molecule has 4 rings (SSSR count). The number of hydrogen-bond donors (Lipinski definition) is 0. The Morgan fingerprint density at radius 2 is 1.72 bits per heavy atom. The molecular formula is C19H20N4O2. The lowest BCUT2D eigenvalue weighted by molar-refractivity contribution is -0.136. The molecule has 1 amide bonds. The quantitative estimate of drug-likeness (QED) is 0.732. The molecular weight excluding hydrogens is 316 g/mol. The normalized spacial score (nSPS) is 15.9. The Balaban J connectivity index is 1.37. The van der Waals surface area contributed by atoms with Crippen molar-refractivity contribution < 1.29 is 9.42 Å². The van der Waals surface area contributed by atoms with Gasteiger partial charge < -0.3 is 4.90 Å². The van der Waals surface area contributed by atoms with E-state index in [2.05, 4.69) is 46.4 Å². The Kier molecular flexibility index (Phi) is 4.19.